The van der Waals surface area contributed by atoms with Crippen LogP contribution in [0.1, 0.15) is 31.4 Å². The van der Waals surface area contributed by atoms with Gasteiger partial charge in [-0.1, -0.05) is 23.7 Å². The van der Waals surface area contributed by atoms with Gasteiger partial charge in [-0.05, 0) is 24.6 Å². The number of carbonyl (C=O) groups excluding carboxylic acids is 2. The summed E-state index contributed by atoms with van der Waals surface area (Å²) in [5.74, 6) is -0.332. The molecule has 2 amide bonds. The molecule has 0 spiro atoms. The molecule has 20 heavy (non-hydrogen) atoms. The Balaban J connectivity index is 2.05. The summed E-state index contributed by atoms with van der Waals surface area (Å²) in [5.41, 5.74) is 1.30. The number of nitrogens with one attached hydrogen (secondary N) is 1. The molecule has 1 aromatic rings. The minimum Gasteiger partial charge on any atom is -0.344 e. The van der Waals surface area contributed by atoms with Crippen LogP contribution in [0.5, 0.6) is 0 Å². The fraction of sp³-hybridized carbons (Fsp3) is 0.357. The number of hydrogen-bond donors (Lipinski definition) is 1. The molecular weight excluding hydrogens is 278 g/mol. The van der Waals surface area contributed by atoms with Gasteiger partial charge in [0.25, 0.3) is 5.91 Å². The standard InChI is InChI=1S/C14H16ClN3O2/c1-9(10-4-3-5-11(15)8-10)16-14(20)12-6-7-13(19)18(2)17-12/h3-5,8-9H,6-7H2,1-2H3,(H,16,20)/t9-/m1/s1. The minimum atomic E-state index is -0.253. The summed E-state index contributed by atoms with van der Waals surface area (Å²) >= 11 is 5.93. The zero-order valence-corrected chi connectivity index (χ0v) is 12.1. The summed E-state index contributed by atoms with van der Waals surface area (Å²) in [5, 5.41) is 8.69. The van der Waals surface area contributed by atoms with Crippen LogP contribution in [-0.2, 0) is 9.59 Å². The van der Waals surface area contributed by atoms with E-state index in [2.05, 4.69) is 10.4 Å². The zero-order valence-electron chi connectivity index (χ0n) is 11.4. The molecule has 0 saturated heterocycles. The summed E-state index contributed by atoms with van der Waals surface area (Å²) < 4.78 is 0. The van der Waals surface area contributed by atoms with Crippen molar-refractivity contribution in [1.82, 2.24) is 10.3 Å². The summed E-state index contributed by atoms with van der Waals surface area (Å²) in [6.45, 7) is 1.88. The van der Waals surface area contributed by atoms with Gasteiger partial charge in [-0.3, -0.25) is 9.59 Å². The summed E-state index contributed by atoms with van der Waals surface area (Å²) in [6.07, 6.45) is 0.686. The number of hydrazone groups is 1. The third-order valence-corrected chi connectivity index (χ3v) is 3.40. The van der Waals surface area contributed by atoms with Gasteiger partial charge < -0.3 is 5.32 Å². The van der Waals surface area contributed by atoms with Crippen LogP contribution in [0.3, 0.4) is 0 Å². The van der Waals surface area contributed by atoms with E-state index in [0.29, 0.717) is 23.6 Å². The van der Waals surface area contributed by atoms with E-state index in [1.807, 2.05) is 25.1 Å². The molecule has 0 radical (unpaired) electrons. The average molecular weight is 294 g/mol. The first-order chi connectivity index (χ1) is 9.47. The fourth-order valence-electron chi connectivity index (χ4n) is 1.97. The minimum absolute atomic E-state index is 0.0792. The summed E-state index contributed by atoms with van der Waals surface area (Å²) in [6, 6.07) is 7.16. The number of benzene rings is 1. The van der Waals surface area contributed by atoms with Crippen molar-refractivity contribution in [1.29, 1.82) is 0 Å². The Morgan fingerprint density at radius 2 is 2.20 bits per heavy atom. The SMILES string of the molecule is C[C@@H](NC(=O)C1=NN(C)C(=O)CC1)c1cccc(Cl)c1. The van der Waals surface area contributed by atoms with Crippen molar-refractivity contribution in [3.05, 3.63) is 34.9 Å². The molecule has 1 aliphatic heterocycles. The van der Waals surface area contributed by atoms with Crippen LogP contribution in [0.15, 0.2) is 29.4 Å². The maximum absolute atomic E-state index is 12.1. The van der Waals surface area contributed by atoms with Crippen LogP contribution in [0.4, 0.5) is 0 Å². The van der Waals surface area contributed by atoms with Gasteiger partial charge in [-0.15, -0.1) is 0 Å². The van der Waals surface area contributed by atoms with E-state index in [9.17, 15) is 9.59 Å². The van der Waals surface area contributed by atoms with Gasteiger partial charge in [0.1, 0.15) is 5.71 Å². The van der Waals surface area contributed by atoms with Crippen molar-refractivity contribution >= 4 is 29.1 Å². The van der Waals surface area contributed by atoms with Crippen LogP contribution in [0.25, 0.3) is 0 Å². The van der Waals surface area contributed by atoms with E-state index in [1.54, 1.807) is 13.1 Å². The molecule has 0 saturated carbocycles. The quantitative estimate of drug-likeness (QED) is 0.928. The van der Waals surface area contributed by atoms with Crippen LogP contribution in [0, 0.1) is 0 Å². The third kappa shape index (κ3) is 3.36. The molecule has 2 rings (SSSR count). The lowest BCUT2D eigenvalue weighted by molar-refractivity contribution is -0.130. The monoisotopic (exact) mass is 293 g/mol. The molecule has 5 nitrogen and oxygen atoms in total. The van der Waals surface area contributed by atoms with Crippen molar-refractivity contribution in [2.75, 3.05) is 7.05 Å². The second-order valence-electron chi connectivity index (χ2n) is 4.71. The predicted molar refractivity (Wildman–Crippen MR) is 77.4 cm³/mol. The van der Waals surface area contributed by atoms with E-state index >= 15 is 0 Å². The Bertz CT molecular complexity index is 571. The van der Waals surface area contributed by atoms with E-state index in [-0.39, 0.29) is 17.9 Å². The van der Waals surface area contributed by atoms with Crippen LogP contribution >= 0.6 is 11.6 Å². The average Bonchev–Trinajstić information content (AvgIpc) is 2.41. The smallest absolute Gasteiger partial charge is 0.267 e. The van der Waals surface area contributed by atoms with Crippen molar-refractivity contribution in [2.24, 2.45) is 5.10 Å². The van der Waals surface area contributed by atoms with Crippen LogP contribution < -0.4 is 5.32 Å². The molecule has 0 bridgehead atoms. The van der Waals surface area contributed by atoms with Crippen LogP contribution in [0.2, 0.25) is 5.02 Å². The molecular formula is C14H16ClN3O2. The highest BCUT2D eigenvalue weighted by atomic mass is 35.5. The maximum atomic E-state index is 12.1. The Hall–Kier alpha value is -1.88. The maximum Gasteiger partial charge on any atom is 0.267 e. The lowest BCUT2D eigenvalue weighted by Crippen LogP contribution is -2.38. The zero-order chi connectivity index (χ0) is 14.7. The molecule has 1 heterocycles. The molecule has 0 fully saturated rings. The molecule has 1 atom stereocenters. The molecule has 106 valence electrons. The molecule has 1 aliphatic rings. The Labute approximate surface area is 122 Å². The first kappa shape index (κ1) is 14.5. The van der Waals surface area contributed by atoms with Gasteiger partial charge in [-0.25, -0.2) is 5.01 Å². The number of halogens is 1. The fourth-order valence-corrected chi connectivity index (χ4v) is 2.17. The summed E-state index contributed by atoms with van der Waals surface area (Å²) in [7, 11) is 1.55. The second-order valence-corrected chi connectivity index (χ2v) is 5.15. The van der Waals surface area contributed by atoms with Crippen molar-refractivity contribution in [3.63, 3.8) is 0 Å². The van der Waals surface area contributed by atoms with E-state index in [0.717, 1.165) is 5.56 Å². The van der Waals surface area contributed by atoms with Gasteiger partial charge in [-0.2, -0.15) is 5.10 Å². The lowest BCUT2D eigenvalue weighted by Gasteiger charge is -2.20. The van der Waals surface area contributed by atoms with E-state index in [1.165, 1.54) is 5.01 Å². The predicted octanol–water partition coefficient (Wildman–Crippen LogP) is 2.13. The normalized spacial score (nSPS) is 16.6. The van der Waals surface area contributed by atoms with Gasteiger partial charge in [0.2, 0.25) is 5.91 Å². The number of carbonyl (C=O) groups is 2. The molecule has 6 heteroatoms. The topological polar surface area (TPSA) is 61.8 Å². The first-order valence-electron chi connectivity index (χ1n) is 6.37. The van der Waals surface area contributed by atoms with Crippen molar-refractivity contribution in [2.45, 2.75) is 25.8 Å². The molecule has 0 aromatic heterocycles. The Kier molecular flexibility index (Phi) is 4.39. The molecule has 1 aromatic carbocycles. The van der Waals surface area contributed by atoms with Gasteiger partial charge in [0, 0.05) is 24.9 Å². The Morgan fingerprint density at radius 3 is 2.85 bits per heavy atom. The van der Waals surface area contributed by atoms with Gasteiger partial charge in [0.15, 0.2) is 0 Å². The highest BCUT2D eigenvalue weighted by molar-refractivity contribution is 6.39. The third-order valence-electron chi connectivity index (χ3n) is 3.17. The number of hydrogen-bond acceptors (Lipinski definition) is 3. The first-order valence-corrected chi connectivity index (χ1v) is 6.75. The van der Waals surface area contributed by atoms with Crippen molar-refractivity contribution in [3.8, 4) is 0 Å². The van der Waals surface area contributed by atoms with Crippen molar-refractivity contribution < 1.29 is 9.59 Å². The lowest BCUT2D eigenvalue weighted by atomic mass is 10.1. The molecule has 0 unspecified atom stereocenters. The highest BCUT2D eigenvalue weighted by Crippen LogP contribution is 2.17. The molecule has 0 aliphatic carbocycles. The number of nitrogens with zero attached hydrogens (tertiary/aromatic N) is 2. The van der Waals surface area contributed by atoms with E-state index < -0.39 is 0 Å². The summed E-state index contributed by atoms with van der Waals surface area (Å²) in [4.78, 5) is 23.4. The van der Waals surface area contributed by atoms with Gasteiger partial charge >= 0.3 is 0 Å². The van der Waals surface area contributed by atoms with Gasteiger partial charge in [0.05, 0.1) is 6.04 Å². The largest absolute Gasteiger partial charge is 0.344 e. The number of rotatable bonds is 3. The number of amides is 2. The molecule has 1 N–H and O–H groups in total. The van der Waals surface area contributed by atoms with E-state index in [4.69, 9.17) is 11.6 Å². The van der Waals surface area contributed by atoms with Crippen LogP contribution in [-0.4, -0.2) is 29.6 Å². The Morgan fingerprint density at radius 1 is 1.45 bits per heavy atom. The second kappa shape index (κ2) is 6.05. The highest BCUT2D eigenvalue weighted by Gasteiger charge is 2.23.